The highest BCUT2D eigenvalue weighted by Crippen LogP contribution is 2.22. The van der Waals surface area contributed by atoms with Gasteiger partial charge in [0.25, 0.3) is 0 Å². The first-order valence-electron chi connectivity index (χ1n) is 11.3. The van der Waals surface area contributed by atoms with Gasteiger partial charge in [-0.3, -0.25) is 9.89 Å². The molecule has 2 saturated heterocycles. The van der Waals surface area contributed by atoms with Crippen LogP contribution in [0.2, 0.25) is 0 Å². The molecule has 2 heterocycles. The average molecular weight is 546 g/mol. The van der Waals surface area contributed by atoms with Crippen molar-refractivity contribution in [2.24, 2.45) is 10.9 Å². The van der Waals surface area contributed by atoms with Crippen LogP contribution in [0.15, 0.2) is 23.2 Å². The van der Waals surface area contributed by atoms with Gasteiger partial charge in [-0.1, -0.05) is 12.1 Å². The van der Waals surface area contributed by atoms with E-state index in [4.69, 9.17) is 14.2 Å². The highest BCUT2D eigenvalue weighted by Gasteiger charge is 2.17. The molecule has 176 valence electrons. The lowest BCUT2D eigenvalue weighted by molar-refractivity contribution is 0.0372. The molecule has 0 aromatic heterocycles. The number of halogens is 1. The summed E-state index contributed by atoms with van der Waals surface area (Å²) in [5.74, 6) is 2.28. The number of nitrogens with zero attached hydrogens (tertiary/aromatic N) is 2. The molecule has 2 aliphatic heterocycles. The van der Waals surface area contributed by atoms with Crippen LogP contribution in [0.25, 0.3) is 0 Å². The SMILES string of the molecule is CN=C(NCCCCN1CCOCC1)NCc1ccc(C)cc1OCC1CCOC1.I. The number of aliphatic imine (C=N–C) groups is 1. The normalized spacial score (nSPS) is 19.7. The Hall–Kier alpha value is -1.10. The van der Waals surface area contributed by atoms with Crippen LogP contribution in [0.5, 0.6) is 5.75 Å². The molecule has 0 spiro atoms. The molecule has 1 aromatic carbocycles. The van der Waals surface area contributed by atoms with Crippen LogP contribution in [-0.4, -0.2) is 77.1 Å². The molecule has 0 saturated carbocycles. The van der Waals surface area contributed by atoms with Crippen molar-refractivity contribution in [3.63, 3.8) is 0 Å². The summed E-state index contributed by atoms with van der Waals surface area (Å²) in [5.41, 5.74) is 2.36. The Bertz CT molecular complexity index is 662. The number of hydrogen-bond acceptors (Lipinski definition) is 5. The zero-order chi connectivity index (χ0) is 21.0. The minimum atomic E-state index is 0. The van der Waals surface area contributed by atoms with Gasteiger partial charge in [0.05, 0.1) is 26.4 Å². The van der Waals surface area contributed by atoms with Gasteiger partial charge < -0.3 is 24.8 Å². The predicted octanol–water partition coefficient (Wildman–Crippen LogP) is 2.81. The monoisotopic (exact) mass is 546 g/mol. The molecule has 2 N–H and O–H groups in total. The van der Waals surface area contributed by atoms with E-state index in [0.717, 1.165) is 82.7 Å². The van der Waals surface area contributed by atoms with Gasteiger partial charge in [-0.2, -0.15) is 0 Å². The first-order valence-corrected chi connectivity index (χ1v) is 11.3. The molecule has 8 heteroatoms. The largest absolute Gasteiger partial charge is 0.493 e. The van der Waals surface area contributed by atoms with Crippen LogP contribution >= 0.6 is 24.0 Å². The van der Waals surface area contributed by atoms with E-state index in [-0.39, 0.29) is 24.0 Å². The molecule has 31 heavy (non-hydrogen) atoms. The number of guanidine groups is 1. The van der Waals surface area contributed by atoms with Crippen molar-refractivity contribution in [2.45, 2.75) is 32.7 Å². The maximum absolute atomic E-state index is 6.14. The second-order valence-corrected chi connectivity index (χ2v) is 8.17. The summed E-state index contributed by atoms with van der Waals surface area (Å²) in [4.78, 5) is 6.84. The number of hydrogen-bond donors (Lipinski definition) is 2. The van der Waals surface area contributed by atoms with Gasteiger partial charge in [-0.25, -0.2) is 0 Å². The van der Waals surface area contributed by atoms with E-state index < -0.39 is 0 Å². The fourth-order valence-electron chi connectivity index (χ4n) is 3.76. The van der Waals surface area contributed by atoms with Crippen LogP contribution in [0.4, 0.5) is 0 Å². The number of nitrogens with one attached hydrogen (secondary N) is 2. The van der Waals surface area contributed by atoms with E-state index >= 15 is 0 Å². The third kappa shape index (κ3) is 9.51. The minimum Gasteiger partial charge on any atom is -0.493 e. The standard InChI is InChI=1S/C23H38N4O3.HI/c1-19-5-6-21(22(15-19)30-18-20-7-12-29-17-20)16-26-23(24-2)25-8-3-4-9-27-10-13-28-14-11-27;/h5-6,15,20H,3-4,7-14,16-18H2,1-2H3,(H2,24,25,26);1H. The van der Waals surface area contributed by atoms with Gasteiger partial charge >= 0.3 is 0 Å². The zero-order valence-electron chi connectivity index (χ0n) is 19.0. The summed E-state index contributed by atoms with van der Waals surface area (Å²) >= 11 is 0. The Labute approximate surface area is 204 Å². The Morgan fingerprint density at radius 1 is 1.16 bits per heavy atom. The number of ether oxygens (including phenoxy) is 3. The Morgan fingerprint density at radius 3 is 2.74 bits per heavy atom. The lowest BCUT2D eigenvalue weighted by Gasteiger charge is -2.26. The fourth-order valence-corrected chi connectivity index (χ4v) is 3.76. The number of aryl methyl sites for hydroxylation is 1. The van der Waals surface area contributed by atoms with Crippen molar-refractivity contribution < 1.29 is 14.2 Å². The summed E-state index contributed by atoms with van der Waals surface area (Å²) in [6.45, 7) is 11.1. The van der Waals surface area contributed by atoms with Crippen LogP contribution < -0.4 is 15.4 Å². The second kappa shape index (κ2) is 14.9. The summed E-state index contributed by atoms with van der Waals surface area (Å²) in [6, 6.07) is 6.39. The summed E-state index contributed by atoms with van der Waals surface area (Å²) in [5, 5.41) is 6.84. The molecule has 7 nitrogen and oxygen atoms in total. The number of rotatable bonds is 10. The summed E-state index contributed by atoms with van der Waals surface area (Å²) in [6.07, 6.45) is 3.40. The van der Waals surface area contributed by atoms with Crippen molar-refractivity contribution in [3.05, 3.63) is 29.3 Å². The Morgan fingerprint density at radius 2 is 2.00 bits per heavy atom. The molecule has 1 unspecified atom stereocenters. The molecule has 0 radical (unpaired) electrons. The van der Waals surface area contributed by atoms with Crippen molar-refractivity contribution in [1.29, 1.82) is 0 Å². The van der Waals surface area contributed by atoms with Crippen LogP contribution in [-0.2, 0) is 16.0 Å². The quantitative estimate of drug-likeness (QED) is 0.204. The van der Waals surface area contributed by atoms with Gasteiger partial charge in [0.1, 0.15) is 5.75 Å². The first kappa shape index (κ1) is 26.2. The lowest BCUT2D eigenvalue weighted by Crippen LogP contribution is -2.38. The number of morpholine rings is 1. The van der Waals surface area contributed by atoms with Gasteiger partial charge in [0.2, 0.25) is 0 Å². The number of benzene rings is 1. The molecular weight excluding hydrogens is 507 g/mol. The van der Waals surface area contributed by atoms with Crippen LogP contribution in [0, 0.1) is 12.8 Å². The maximum atomic E-state index is 6.14. The summed E-state index contributed by atoms with van der Waals surface area (Å²) in [7, 11) is 1.82. The smallest absolute Gasteiger partial charge is 0.191 e. The third-order valence-electron chi connectivity index (χ3n) is 5.69. The van der Waals surface area contributed by atoms with E-state index in [1.54, 1.807) is 0 Å². The lowest BCUT2D eigenvalue weighted by atomic mass is 10.1. The zero-order valence-corrected chi connectivity index (χ0v) is 21.4. The topological polar surface area (TPSA) is 67.4 Å². The Balaban J connectivity index is 0.00000341. The van der Waals surface area contributed by atoms with Crippen molar-refractivity contribution in [1.82, 2.24) is 15.5 Å². The highest BCUT2D eigenvalue weighted by atomic mass is 127. The second-order valence-electron chi connectivity index (χ2n) is 8.17. The van der Waals surface area contributed by atoms with E-state index in [1.807, 2.05) is 7.05 Å². The predicted molar refractivity (Wildman–Crippen MR) is 136 cm³/mol. The number of unbranched alkanes of at least 4 members (excludes halogenated alkanes) is 1. The maximum Gasteiger partial charge on any atom is 0.191 e. The molecule has 3 rings (SSSR count). The van der Waals surface area contributed by atoms with Gasteiger partial charge in [0, 0.05) is 51.3 Å². The van der Waals surface area contributed by atoms with Crippen molar-refractivity contribution >= 4 is 29.9 Å². The fraction of sp³-hybridized carbons (Fsp3) is 0.696. The molecule has 1 atom stereocenters. The van der Waals surface area contributed by atoms with Crippen molar-refractivity contribution in [2.75, 3.05) is 66.3 Å². The van der Waals surface area contributed by atoms with E-state index in [0.29, 0.717) is 19.1 Å². The van der Waals surface area contributed by atoms with Gasteiger partial charge in [-0.15, -0.1) is 24.0 Å². The average Bonchev–Trinajstić information content (AvgIpc) is 3.29. The minimum absolute atomic E-state index is 0. The van der Waals surface area contributed by atoms with Gasteiger partial charge in [0.15, 0.2) is 5.96 Å². The molecule has 0 amide bonds. The van der Waals surface area contributed by atoms with Gasteiger partial charge in [-0.05, 0) is 44.4 Å². The molecule has 0 aliphatic carbocycles. The first-order chi connectivity index (χ1) is 14.7. The Kier molecular flexibility index (Phi) is 12.5. The molecule has 1 aromatic rings. The van der Waals surface area contributed by atoms with Crippen LogP contribution in [0.1, 0.15) is 30.4 Å². The molecular formula is C23H39IN4O3. The molecule has 2 fully saturated rings. The van der Waals surface area contributed by atoms with E-state index in [1.165, 1.54) is 12.0 Å². The van der Waals surface area contributed by atoms with E-state index in [2.05, 4.69) is 45.6 Å². The van der Waals surface area contributed by atoms with E-state index in [9.17, 15) is 0 Å². The highest BCUT2D eigenvalue weighted by molar-refractivity contribution is 14.0. The molecule has 2 aliphatic rings. The summed E-state index contributed by atoms with van der Waals surface area (Å²) < 4.78 is 17.0. The third-order valence-corrected chi connectivity index (χ3v) is 5.69. The van der Waals surface area contributed by atoms with Crippen molar-refractivity contribution in [3.8, 4) is 5.75 Å². The molecule has 0 bridgehead atoms. The van der Waals surface area contributed by atoms with Crippen LogP contribution in [0.3, 0.4) is 0 Å².